The minimum absolute atomic E-state index is 0.136. The smallest absolute Gasteiger partial charge is 0.253 e. The van der Waals surface area contributed by atoms with Gasteiger partial charge in [0.2, 0.25) is 0 Å². The van der Waals surface area contributed by atoms with E-state index in [1.165, 1.54) is 5.57 Å². The second-order valence-electron chi connectivity index (χ2n) is 6.18. The van der Waals surface area contributed by atoms with Crippen LogP contribution in [0.5, 0.6) is 5.75 Å². The summed E-state index contributed by atoms with van der Waals surface area (Å²) in [5.74, 6) is 0.725. The number of nitrogens with one attached hydrogen (secondary N) is 1. The van der Waals surface area contributed by atoms with Gasteiger partial charge in [-0.3, -0.25) is 4.79 Å². The van der Waals surface area contributed by atoms with Crippen molar-refractivity contribution in [3.8, 4) is 5.75 Å². The van der Waals surface area contributed by atoms with Crippen molar-refractivity contribution in [2.24, 2.45) is 5.73 Å². The summed E-state index contributed by atoms with van der Waals surface area (Å²) in [5, 5.41) is 2.94. The first kappa shape index (κ1) is 18.8. The molecule has 2 rings (SSSR count). The lowest BCUT2D eigenvalue weighted by Gasteiger charge is -2.10. The Morgan fingerprint density at radius 3 is 2.68 bits per heavy atom. The molecular weight excluding hydrogens is 312 g/mol. The van der Waals surface area contributed by atoms with Gasteiger partial charge in [-0.15, -0.1) is 0 Å². The fourth-order valence-electron chi connectivity index (χ4n) is 2.57. The lowest BCUT2D eigenvalue weighted by Crippen LogP contribution is -2.26. The zero-order chi connectivity index (χ0) is 18.1. The van der Waals surface area contributed by atoms with E-state index in [-0.39, 0.29) is 5.91 Å². The van der Waals surface area contributed by atoms with E-state index in [2.05, 4.69) is 19.2 Å². The zero-order valence-corrected chi connectivity index (χ0v) is 15.2. The van der Waals surface area contributed by atoms with E-state index in [0.717, 1.165) is 37.2 Å². The number of hydrogen-bond acceptors (Lipinski definition) is 3. The van der Waals surface area contributed by atoms with Gasteiger partial charge < -0.3 is 15.8 Å². The molecule has 0 spiro atoms. The van der Waals surface area contributed by atoms with Crippen LogP contribution in [-0.4, -0.2) is 12.5 Å². The molecule has 0 unspecified atom stereocenters. The van der Waals surface area contributed by atoms with E-state index in [0.29, 0.717) is 24.2 Å². The van der Waals surface area contributed by atoms with Crippen LogP contribution in [-0.2, 0) is 11.3 Å². The molecule has 1 aromatic rings. The molecule has 4 nitrogen and oxygen atoms in total. The molecule has 1 aliphatic carbocycles. The summed E-state index contributed by atoms with van der Waals surface area (Å²) in [5.41, 5.74) is 9.54. The van der Waals surface area contributed by atoms with Crippen LogP contribution in [0.3, 0.4) is 0 Å². The van der Waals surface area contributed by atoms with Crippen molar-refractivity contribution in [1.29, 1.82) is 0 Å². The van der Waals surface area contributed by atoms with Crippen molar-refractivity contribution in [1.82, 2.24) is 5.32 Å². The van der Waals surface area contributed by atoms with Gasteiger partial charge in [0.15, 0.2) is 0 Å². The van der Waals surface area contributed by atoms with Crippen molar-refractivity contribution >= 4 is 5.91 Å². The molecule has 1 amide bonds. The van der Waals surface area contributed by atoms with Gasteiger partial charge in [-0.1, -0.05) is 50.1 Å². The molecule has 4 heteroatoms. The van der Waals surface area contributed by atoms with Gasteiger partial charge in [-0.2, -0.15) is 0 Å². The largest absolute Gasteiger partial charge is 0.494 e. The predicted molar refractivity (Wildman–Crippen MR) is 102 cm³/mol. The monoisotopic (exact) mass is 340 g/mol. The first-order valence-corrected chi connectivity index (χ1v) is 8.98. The number of amides is 1. The van der Waals surface area contributed by atoms with Gasteiger partial charge in [-0.05, 0) is 36.6 Å². The van der Waals surface area contributed by atoms with Crippen molar-refractivity contribution < 1.29 is 9.53 Å². The molecular formula is C21H28N2O2. The molecule has 0 fully saturated rings. The van der Waals surface area contributed by atoms with E-state index < -0.39 is 0 Å². The average Bonchev–Trinajstić information content (AvgIpc) is 2.82. The molecule has 1 aromatic carbocycles. The molecule has 0 heterocycles. The molecule has 134 valence electrons. The maximum absolute atomic E-state index is 12.4. The van der Waals surface area contributed by atoms with Crippen LogP contribution in [0.15, 0.2) is 59.3 Å². The third kappa shape index (κ3) is 5.82. The van der Waals surface area contributed by atoms with E-state index in [9.17, 15) is 4.79 Å². The topological polar surface area (TPSA) is 64.3 Å². The summed E-state index contributed by atoms with van der Waals surface area (Å²) in [6.07, 6.45) is 9.48. The standard InChI is InChI=1S/C21H28N2O2/c1-3-5-13-25-18-11-9-17(10-12-18)15-23-21(24)19-8-6-7-16(4-2)14-20(19)22/h6-12H,3-5,13-15,22H2,1-2H3,(H,23,24). The highest BCUT2D eigenvalue weighted by Gasteiger charge is 2.13. The van der Waals surface area contributed by atoms with Crippen LogP contribution < -0.4 is 15.8 Å². The molecule has 0 saturated heterocycles. The normalized spacial score (nSPS) is 14.1. The van der Waals surface area contributed by atoms with Gasteiger partial charge in [0.25, 0.3) is 5.91 Å². The summed E-state index contributed by atoms with van der Waals surface area (Å²) in [4.78, 5) is 12.4. The van der Waals surface area contributed by atoms with E-state index in [4.69, 9.17) is 10.5 Å². The molecule has 0 bridgehead atoms. The van der Waals surface area contributed by atoms with Crippen LogP contribution in [0.2, 0.25) is 0 Å². The average molecular weight is 340 g/mol. The summed E-state index contributed by atoms with van der Waals surface area (Å²) >= 11 is 0. The maximum Gasteiger partial charge on any atom is 0.253 e. The summed E-state index contributed by atoms with van der Waals surface area (Å²) in [7, 11) is 0. The Morgan fingerprint density at radius 1 is 1.24 bits per heavy atom. The maximum atomic E-state index is 12.4. The summed E-state index contributed by atoms with van der Waals surface area (Å²) in [6.45, 7) is 5.43. The van der Waals surface area contributed by atoms with E-state index in [1.807, 2.05) is 36.4 Å². The Balaban J connectivity index is 1.89. The molecule has 0 aromatic heterocycles. The number of benzene rings is 1. The number of unbranched alkanes of at least 4 members (excludes halogenated alkanes) is 1. The highest BCUT2D eigenvalue weighted by atomic mass is 16.5. The number of carbonyl (C=O) groups is 1. The highest BCUT2D eigenvalue weighted by molar-refractivity contribution is 5.97. The lowest BCUT2D eigenvalue weighted by atomic mass is 10.1. The first-order chi connectivity index (χ1) is 12.1. The van der Waals surface area contributed by atoms with E-state index >= 15 is 0 Å². The number of rotatable bonds is 8. The van der Waals surface area contributed by atoms with Crippen LogP contribution >= 0.6 is 0 Å². The van der Waals surface area contributed by atoms with Crippen molar-refractivity contribution in [3.05, 3.63) is 64.9 Å². The van der Waals surface area contributed by atoms with Gasteiger partial charge in [0.05, 0.1) is 12.2 Å². The highest BCUT2D eigenvalue weighted by Crippen LogP contribution is 2.19. The summed E-state index contributed by atoms with van der Waals surface area (Å²) < 4.78 is 5.64. The van der Waals surface area contributed by atoms with E-state index in [1.54, 1.807) is 6.08 Å². The minimum Gasteiger partial charge on any atom is -0.494 e. The predicted octanol–water partition coefficient (Wildman–Crippen LogP) is 3.99. The van der Waals surface area contributed by atoms with Crippen LogP contribution in [0.1, 0.15) is 45.1 Å². The third-order valence-electron chi connectivity index (χ3n) is 4.20. The van der Waals surface area contributed by atoms with Crippen LogP contribution in [0.4, 0.5) is 0 Å². The fraction of sp³-hybridized carbons (Fsp3) is 0.381. The lowest BCUT2D eigenvalue weighted by molar-refractivity contribution is -0.117. The second-order valence-corrected chi connectivity index (χ2v) is 6.18. The SMILES string of the molecule is CCCCOc1ccc(CNC(=O)C2=C(N)CC(CC)=CC=C2)cc1. The van der Waals surface area contributed by atoms with Crippen LogP contribution in [0, 0.1) is 0 Å². The summed E-state index contributed by atoms with van der Waals surface area (Å²) in [6, 6.07) is 7.82. The molecule has 0 aliphatic heterocycles. The zero-order valence-electron chi connectivity index (χ0n) is 15.2. The van der Waals surface area contributed by atoms with Crippen molar-refractivity contribution in [2.45, 2.75) is 46.1 Å². The molecule has 3 N–H and O–H groups in total. The Bertz CT molecular complexity index is 670. The first-order valence-electron chi connectivity index (χ1n) is 8.98. The Kier molecular flexibility index (Phi) is 7.33. The van der Waals surface area contributed by atoms with Gasteiger partial charge in [-0.25, -0.2) is 0 Å². The Hall–Kier alpha value is -2.49. The molecule has 25 heavy (non-hydrogen) atoms. The molecule has 0 saturated carbocycles. The number of nitrogens with two attached hydrogens (primary N) is 1. The number of allylic oxidation sites excluding steroid dienone is 3. The molecule has 0 atom stereocenters. The van der Waals surface area contributed by atoms with Crippen molar-refractivity contribution in [2.75, 3.05) is 6.61 Å². The minimum atomic E-state index is -0.136. The van der Waals surface area contributed by atoms with Gasteiger partial charge in [0, 0.05) is 18.7 Å². The van der Waals surface area contributed by atoms with Gasteiger partial charge in [0.1, 0.15) is 5.75 Å². The second kappa shape index (κ2) is 9.72. The molecule has 0 radical (unpaired) electrons. The third-order valence-corrected chi connectivity index (χ3v) is 4.20. The fourth-order valence-corrected chi connectivity index (χ4v) is 2.57. The quantitative estimate of drug-likeness (QED) is 0.703. The Labute approximate surface area is 150 Å². The molecule has 1 aliphatic rings. The van der Waals surface area contributed by atoms with Crippen LogP contribution in [0.25, 0.3) is 0 Å². The Morgan fingerprint density at radius 2 is 2.00 bits per heavy atom. The van der Waals surface area contributed by atoms with Gasteiger partial charge >= 0.3 is 0 Å². The number of ether oxygens (including phenoxy) is 1. The number of hydrogen-bond donors (Lipinski definition) is 2. The van der Waals surface area contributed by atoms with Crippen molar-refractivity contribution in [3.63, 3.8) is 0 Å². The number of carbonyl (C=O) groups excluding carboxylic acids is 1.